The maximum absolute atomic E-state index is 6.11. The molecule has 16 heavy (non-hydrogen) atoms. The van der Waals surface area contributed by atoms with E-state index in [1.807, 2.05) is 12.1 Å². The molecule has 0 saturated heterocycles. The summed E-state index contributed by atoms with van der Waals surface area (Å²) >= 11 is 6.11. The van der Waals surface area contributed by atoms with Crippen LogP contribution in [0, 0.1) is 0 Å². The first-order valence-corrected chi connectivity index (χ1v) is 5.01. The van der Waals surface area contributed by atoms with Crippen molar-refractivity contribution in [3.8, 4) is 17.0 Å². The molecule has 2 N–H and O–H groups in total. The molecule has 0 unspecified atom stereocenters. The Balaban J connectivity index is 2.48. The van der Waals surface area contributed by atoms with E-state index in [4.69, 9.17) is 22.1 Å². The SMILES string of the molecule is COc1ccc(-c2ccnc(N)n2)c(Cl)c1. The first-order chi connectivity index (χ1) is 7.70. The molecule has 0 spiro atoms. The molecule has 82 valence electrons. The van der Waals surface area contributed by atoms with Crippen molar-refractivity contribution in [2.75, 3.05) is 12.8 Å². The van der Waals surface area contributed by atoms with E-state index in [9.17, 15) is 0 Å². The minimum Gasteiger partial charge on any atom is -0.497 e. The lowest BCUT2D eigenvalue weighted by molar-refractivity contribution is 0.415. The fraction of sp³-hybridized carbons (Fsp3) is 0.0909. The number of aromatic nitrogens is 2. The Kier molecular flexibility index (Phi) is 2.92. The molecule has 5 heteroatoms. The first kappa shape index (κ1) is 10.7. The molecule has 0 aliphatic carbocycles. The highest BCUT2D eigenvalue weighted by Crippen LogP contribution is 2.29. The summed E-state index contributed by atoms with van der Waals surface area (Å²) in [6.45, 7) is 0. The second kappa shape index (κ2) is 4.37. The second-order valence-electron chi connectivity index (χ2n) is 3.15. The lowest BCUT2D eigenvalue weighted by Gasteiger charge is -2.06. The van der Waals surface area contributed by atoms with E-state index >= 15 is 0 Å². The standard InChI is InChI=1S/C11H10ClN3O/c1-16-7-2-3-8(9(12)6-7)10-4-5-14-11(13)15-10/h2-6H,1H3,(H2,13,14,15). The maximum Gasteiger partial charge on any atom is 0.220 e. The molecule has 1 aromatic heterocycles. The third kappa shape index (κ3) is 2.06. The smallest absolute Gasteiger partial charge is 0.220 e. The van der Waals surface area contributed by atoms with Crippen LogP contribution in [0.25, 0.3) is 11.3 Å². The molecule has 2 aromatic rings. The predicted molar refractivity (Wildman–Crippen MR) is 63.4 cm³/mol. The Morgan fingerprint density at radius 3 is 2.75 bits per heavy atom. The Bertz CT molecular complexity index is 516. The Morgan fingerprint density at radius 1 is 1.31 bits per heavy atom. The van der Waals surface area contributed by atoms with E-state index in [2.05, 4.69) is 9.97 Å². The number of benzene rings is 1. The Labute approximate surface area is 98.0 Å². The van der Waals surface area contributed by atoms with Gasteiger partial charge in [0, 0.05) is 11.8 Å². The number of halogens is 1. The molecule has 0 fully saturated rings. The number of nitrogens with two attached hydrogens (primary N) is 1. The van der Waals surface area contributed by atoms with Gasteiger partial charge in [-0.2, -0.15) is 0 Å². The van der Waals surface area contributed by atoms with Gasteiger partial charge < -0.3 is 10.5 Å². The van der Waals surface area contributed by atoms with E-state index in [-0.39, 0.29) is 5.95 Å². The van der Waals surface area contributed by atoms with E-state index in [1.165, 1.54) is 0 Å². The van der Waals surface area contributed by atoms with Gasteiger partial charge in [-0.15, -0.1) is 0 Å². The highest BCUT2D eigenvalue weighted by molar-refractivity contribution is 6.33. The van der Waals surface area contributed by atoms with Gasteiger partial charge in [0.15, 0.2) is 0 Å². The number of hydrogen-bond acceptors (Lipinski definition) is 4. The Morgan fingerprint density at radius 2 is 2.12 bits per heavy atom. The lowest BCUT2D eigenvalue weighted by atomic mass is 10.1. The summed E-state index contributed by atoms with van der Waals surface area (Å²) in [6.07, 6.45) is 1.60. The molecule has 0 bridgehead atoms. The van der Waals surface area contributed by atoms with Crippen molar-refractivity contribution < 1.29 is 4.74 Å². The zero-order valence-electron chi connectivity index (χ0n) is 8.64. The summed E-state index contributed by atoms with van der Waals surface area (Å²) in [5.74, 6) is 0.931. The van der Waals surface area contributed by atoms with Gasteiger partial charge in [0.1, 0.15) is 5.75 Å². The van der Waals surface area contributed by atoms with E-state index < -0.39 is 0 Å². The van der Waals surface area contributed by atoms with Crippen LogP contribution in [0.1, 0.15) is 0 Å². The number of nitrogens with zero attached hydrogens (tertiary/aromatic N) is 2. The molecule has 0 radical (unpaired) electrons. The third-order valence-electron chi connectivity index (χ3n) is 2.13. The minimum atomic E-state index is 0.226. The number of ether oxygens (including phenoxy) is 1. The molecule has 1 heterocycles. The molecule has 0 atom stereocenters. The number of nitrogen functional groups attached to an aromatic ring is 1. The molecular weight excluding hydrogens is 226 g/mol. The summed E-state index contributed by atoms with van der Waals surface area (Å²) in [5, 5.41) is 0.567. The first-order valence-electron chi connectivity index (χ1n) is 4.63. The van der Waals surface area contributed by atoms with Gasteiger partial charge in [-0.1, -0.05) is 11.6 Å². The average molecular weight is 236 g/mol. The summed E-state index contributed by atoms with van der Waals surface area (Å²) in [5.41, 5.74) is 7.01. The van der Waals surface area contributed by atoms with Crippen molar-refractivity contribution in [2.45, 2.75) is 0 Å². The van der Waals surface area contributed by atoms with Crippen LogP contribution >= 0.6 is 11.6 Å². The quantitative estimate of drug-likeness (QED) is 0.868. The van der Waals surface area contributed by atoms with Gasteiger partial charge in [-0.05, 0) is 24.3 Å². The molecule has 0 aliphatic rings. The molecule has 0 aliphatic heterocycles. The van der Waals surface area contributed by atoms with E-state index in [0.29, 0.717) is 16.5 Å². The van der Waals surface area contributed by atoms with Crippen molar-refractivity contribution in [1.82, 2.24) is 9.97 Å². The summed E-state index contributed by atoms with van der Waals surface area (Å²) in [6, 6.07) is 7.14. The van der Waals surface area contributed by atoms with Crippen LogP contribution in [-0.4, -0.2) is 17.1 Å². The van der Waals surface area contributed by atoms with Crippen molar-refractivity contribution in [1.29, 1.82) is 0 Å². The largest absolute Gasteiger partial charge is 0.497 e. The van der Waals surface area contributed by atoms with Crippen LogP contribution in [0.4, 0.5) is 5.95 Å². The average Bonchev–Trinajstić information content (AvgIpc) is 2.28. The van der Waals surface area contributed by atoms with Gasteiger partial charge in [-0.3, -0.25) is 0 Å². The van der Waals surface area contributed by atoms with Gasteiger partial charge in [-0.25, -0.2) is 9.97 Å². The van der Waals surface area contributed by atoms with E-state index in [1.54, 1.807) is 25.4 Å². The van der Waals surface area contributed by atoms with Crippen LogP contribution in [0.3, 0.4) is 0 Å². The number of hydrogen-bond donors (Lipinski definition) is 1. The molecule has 2 rings (SSSR count). The van der Waals surface area contributed by atoms with Crippen molar-refractivity contribution in [2.24, 2.45) is 0 Å². The summed E-state index contributed by atoms with van der Waals surface area (Å²) in [7, 11) is 1.59. The zero-order chi connectivity index (χ0) is 11.5. The van der Waals surface area contributed by atoms with E-state index in [0.717, 1.165) is 5.56 Å². The molecule has 0 amide bonds. The normalized spacial score (nSPS) is 10.1. The van der Waals surface area contributed by atoms with Crippen LogP contribution in [-0.2, 0) is 0 Å². The lowest BCUT2D eigenvalue weighted by Crippen LogP contribution is -1.95. The van der Waals surface area contributed by atoms with Crippen LogP contribution in [0.2, 0.25) is 5.02 Å². The molecule has 4 nitrogen and oxygen atoms in total. The fourth-order valence-electron chi connectivity index (χ4n) is 1.35. The predicted octanol–water partition coefficient (Wildman–Crippen LogP) is 2.39. The Hall–Kier alpha value is -1.81. The van der Waals surface area contributed by atoms with Gasteiger partial charge in [0.05, 0.1) is 17.8 Å². The summed E-state index contributed by atoms with van der Waals surface area (Å²) < 4.78 is 5.07. The number of rotatable bonds is 2. The number of anilines is 1. The molecule has 0 saturated carbocycles. The molecular formula is C11H10ClN3O. The summed E-state index contributed by atoms with van der Waals surface area (Å²) in [4.78, 5) is 7.93. The second-order valence-corrected chi connectivity index (χ2v) is 3.55. The van der Waals surface area contributed by atoms with Crippen LogP contribution in [0.5, 0.6) is 5.75 Å². The van der Waals surface area contributed by atoms with Crippen molar-refractivity contribution in [3.63, 3.8) is 0 Å². The van der Waals surface area contributed by atoms with Crippen molar-refractivity contribution in [3.05, 3.63) is 35.5 Å². The molecule has 1 aromatic carbocycles. The van der Waals surface area contributed by atoms with Crippen LogP contribution < -0.4 is 10.5 Å². The topological polar surface area (TPSA) is 61.0 Å². The minimum absolute atomic E-state index is 0.226. The fourth-order valence-corrected chi connectivity index (χ4v) is 1.62. The monoisotopic (exact) mass is 235 g/mol. The zero-order valence-corrected chi connectivity index (χ0v) is 9.40. The highest BCUT2D eigenvalue weighted by atomic mass is 35.5. The third-order valence-corrected chi connectivity index (χ3v) is 2.44. The van der Waals surface area contributed by atoms with Crippen LogP contribution in [0.15, 0.2) is 30.5 Å². The van der Waals surface area contributed by atoms with Gasteiger partial charge >= 0.3 is 0 Å². The number of methoxy groups -OCH3 is 1. The van der Waals surface area contributed by atoms with Crippen molar-refractivity contribution >= 4 is 17.5 Å². The highest BCUT2D eigenvalue weighted by Gasteiger charge is 2.06. The maximum atomic E-state index is 6.11. The van der Waals surface area contributed by atoms with Gasteiger partial charge in [0.2, 0.25) is 5.95 Å². The van der Waals surface area contributed by atoms with Gasteiger partial charge in [0.25, 0.3) is 0 Å².